The summed E-state index contributed by atoms with van der Waals surface area (Å²) in [4.78, 5) is 4.10. The standard InChI is InChI=1S/C15H10F6N4O2/c1-26-12-6-8(27-15(19,20)21)2-3-9(12)10-4-5-11-13(22-10)25(24-23-11)7-14(16,17)18/h2-6H,7H2,1H3. The highest BCUT2D eigenvalue weighted by Gasteiger charge is 2.32. The highest BCUT2D eigenvalue weighted by molar-refractivity contribution is 5.77. The lowest BCUT2D eigenvalue weighted by atomic mass is 10.1. The van der Waals surface area contributed by atoms with Gasteiger partial charge in [-0.25, -0.2) is 9.67 Å². The van der Waals surface area contributed by atoms with Crippen LogP contribution in [0.5, 0.6) is 11.5 Å². The minimum Gasteiger partial charge on any atom is -0.496 e. The van der Waals surface area contributed by atoms with Crippen molar-refractivity contribution in [3.63, 3.8) is 0 Å². The number of hydrogen-bond donors (Lipinski definition) is 0. The van der Waals surface area contributed by atoms with Crippen LogP contribution in [0.15, 0.2) is 30.3 Å². The van der Waals surface area contributed by atoms with E-state index in [2.05, 4.69) is 20.0 Å². The molecule has 0 atom stereocenters. The van der Waals surface area contributed by atoms with Gasteiger partial charge in [-0.1, -0.05) is 5.21 Å². The number of methoxy groups -OCH3 is 1. The van der Waals surface area contributed by atoms with E-state index in [9.17, 15) is 26.3 Å². The van der Waals surface area contributed by atoms with E-state index in [1.54, 1.807) is 0 Å². The number of hydrogen-bond acceptors (Lipinski definition) is 5. The number of ether oxygens (including phenoxy) is 2. The summed E-state index contributed by atoms with van der Waals surface area (Å²) in [5.74, 6) is -0.508. The Balaban J connectivity index is 2.02. The Morgan fingerprint density at radius 1 is 1.04 bits per heavy atom. The Hall–Kier alpha value is -3.05. The molecule has 3 rings (SSSR count). The molecule has 0 aliphatic heterocycles. The van der Waals surface area contributed by atoms with Crippen LogP contribution in [0.1, 0.15) is 0 Å². The van der Waals surface area contributed by atoms with E-state index in [1.165, 1.54) is 25.3 Å². The normalized spacial score (nSPS) is 12.4. The molecule has 0 radical (unpaired) electrons. The summed E-state index contributed by atoms with van der Waals surface area (Å²) in [6.45, 7) is -1.38. The van der Waals surface area contributed by atoms with Crippen molar-refractivity contribution in [3.05, 3.63) is 30.3 Å². The van der Waals surface area contributed by atoms with Crippen LogP contribution in [-0.4, -0.2) is 39.6 Å². The monoisotopic (exact) mass is 392 g/mol. The minimum atomic E-state index is -4.88. The van der Waals surface area contributed by atoms with Gasteiger partial charge >= 0.3 is 12.5 Å². The van der Waals surface area contributed by atoms with Crippen LogP contribution in [0.4, 0.5) is 26.3 Å². The molecule has 3 aromatic rings. The molecule has 27 heavy (non-hydrogen) atoms. The zero-order valence-corrected chi connectivity index (χ0v) is 13.5. The third kappa shape index (κ3) is 4.38. The second-order valence-corrected chi connectivity index (χ2v) is 5.31. The number of rotatable bonds is 4. The zero-order valence-electron chi connectivity index (χ0n) is 13.5. The van der Waals surface area contributed by atoms with Crippen molar-refractivity contribution < 1.29 is 35.8 Å². The lowest BCUT2D eigenvalue weighted by molar-refractivity contribution is -0.274. The van der Waals surface area contributed by atoms with Crippen LogP contribution in [0.25, 0.3) is 22.4 Å². The molecule has 144 valence electrons. The van der Waals surface area contributed by atoms with Gasteiger partial charge < -0.3 is 9.47 Å². The minimum absolute atomic E-state index is 0.00144. The first-order chi connectivity index (χ1) is 12.6. The SMILES string of the molecule is COc1cc(OC(F)(F)F)ccc1-c1ccc2nnn(CC(F)(F)F)c2n1. The molecule has 0 N–H and O–H groups in total. The van der Waals surface area contributed by atoms with Crippen molar-refractivity contribution in [3.8, 4) is 22.8 Å². The molecule has 0 aliphatic carbocycles. The fourth-order valence-corrected chi connectivity index (χ4v) is 2.36. The van der Waals surface area contributed by atoms with Crippen LogP contribution >= 0.6 is 0 Å². The van der Waals surface area contributed by atoms with E-state index in [4.69, 9.17) is 4.74 Å². The summed E-state index contributed by atoms with van der Waals surface area (Å²) in [5.41, 5.74) is 0.443. The molecule has 2 heterocycles. The smallest absolute Gasteiger partial charge is 0.496 e. The van der Waals surface area contributed by atoms with Gasteiger partial charge in [-0.15, -0.1) is 18.3 Å². The molecule has 1 aromatic carbocycles. The van der Waals surface area contributed by atoms with Crippen LogP contribution in [0, 0.1) is 0 Å². The second-order valence-electron chi connectivity index (χ2n) is 5.31. The molecule has 0 spiro atoms. The van der Waals surface area contributed by atoms with Crippen LogP contribution in [0.3, 0.4) is 0 Å². The third-order valence-electron chi connectivity index (χ3n) is 3.37. The molecular formula is C15H10F6N4O2. The average Bonchev–Trinajstić information content (AvgIpc) is 2.93. The molecule has 0 saturated carbocycles. The summed E-state index contributed by atoms with van der Waals surface area (Å²) in [6.07, 6.45) is -9.40. The molecule has 0 bridgehead atoms. The number of halogens is 6. The molecule has 0 saturated heterocycles. The Morgan fingerprint density at radius 3 is 2.41 bits per heavy atom. The molecule has 0 fully saturated rings. The average molecular weight is 392 g/mol. The Bertz CT molecular complexity index is 967. The van der Waals surface area contributed by atoms with E-state index >= 15 is 0 Å². The lowest BCUT2D eigenvalue weighted by Gasteiger charge is -2.13. The van der Waals surface area contributed by atoms with Crippen molar-refractivity contribution in [2.45, 2.75) is 19.1 Å². The van der Waals surface area contributed by atoms with Crippen molar-refractivity contribution in [2.24, 2.45) is 0 Å². The highest BCUT2D eigenvalue weighted by atomic mass is 19.4. The molecule has 0 amide bonds. The number of benzene rings is 1. The first kappa shape index (κ1) is 18.7. The van der Waals surface area contributed by atoms with Gasteiger partial charge in [-0.3, -0.25) is 0 Å². The predicted octanol–water partition coefficient (Wildman–Crippen LogP) is 3.96. The number of pyridine rings is 1. The maximum Gasteiger partial charge on any atom is 0.573 e. The summed E-state index contributed by atoms with van der Waals surface area (Å²) in [5, 5.41) is 7.03. The molecule has 0 unspecified atom stereocenters. The van der Waals surface area contributed by atoms with Gasteiger partial charge in [-0.05, 0) is 24.3 Å². The Labute approximate surface area is 147 Å². The topological polar surface area (TPSA) is 62.1 Å². The number of fused-ring (bicyclic) bond motifs is 1. The second kappa shape index (κ2) is 6.59. The number of alkyl halides is 6. The van der Waals surface area contributed by atoms with Gasteiger partial charge in [0.25, 0.3) is 0 Å². The first-order valence-electron chi connectivity index (χ1n) is 7.27. The fourth-order valence-electron chi connectivity index (χ4n) is 2.36. The van der Waals surface area contributed by atoms with Gasteiger partial charge in [0.15, 0.2) is 5.65 Å². The quantitative estimate of drug-likeness (QED) is 0.629. The predicted molar refractivity (Wildman–Crippen MR) is 80.0 cm³/mol. The number of aromatic nitrogens is 4. The highest BCUT2D eigenvalue weighted by Crippen LogP contribution is 2.35. The molecule has 12 heteroatoms. The Kier molecular flexibility index (Phi) is 4.57. The molecule has 6 nitrogen and oxygen atoms in total. The van der Waals surface area contributed by atoms with Gasteiger partial charge in [0.05, 0.1) is 12.8 Å². The zero-order chi connectivity index (χ0) is 19.8. The van der Waals surface area contributed by atoms with Crippen LogP contribution in [-0.2, 0) is 6.54 Å². The molecule has 2 aromatic heterocycles. The van der Waals surface area contributed by atoms with E-state index in [0.29, 0.717) is 4.68 Å². The van der Waals surface area contributed by atoms with Gasteiger partial charge in [-0.2, -0.15) is 13.2 Å². The van der Waals surface area contributed by atoms with Crippen molar-refractivity contribution in [2.75, 3.05) is 7.11 Å². The van der Waals surface area contributed by atoms with Crippen LogP contribution in [0.2, 0.25) is 0 Å². The van der Waals surface area contributed by atoms with Gasteiger partial charge in [0, 0.05) is 11.6 Å². The third-order valence-corrected chi connectivity index (χ3v) is 3.37. The summed E-state index contributed by atoms with van der Waals surface area (Å²) < 4.78 is 84.3. The maximum atomic E-state index is 12.6. The summed E-state index contributed by atoms with van der Waals surface area (Å²) in [6, 6.07) is 6.14. The van der Waals surface area contributed by atoms with Crippen molar-refractivity contribution >= 4 is 11.2 Å². The summed E-state index contributed by atoms with van der Waals surface area (Å²) in [7, 11) is 1.23. The molecule has 0 aliphatic rings. The number of nitrogens with zero attached hydrogens (tertiary/aromatic N) is 4. The van der Waals surface area contributed by atoms with E-state index < -0.39 is 24.8 Å². The molecular weight excluding hydrogens is 382 g/mol. The van der Waals surface area contributed by atoms with Crippen LogP contribution < -0.4 is 9.47 Å². The van der Waals surface area contributed by atoms with Crippen molar-refractivity contribution in [1.29, 1.82) is 0 Å². The van der Waals surface area contributed by atoms with Gasteiger partial charge in [0.1, 0.15) is 23.6 Å². The maximum absolute atomic E-state index is 12.6. The van der Waals surface area contributed by atoms with Crippen molar-refractivity contribution in [1.82, 2.24) is 20.0 Å². The largest absolute Gasteiger partial charge is 0.573 e. The van der Waals surface area contributed by atoms with E-state index in [-0.39, 0.29) is 28.2 Å². The Morgan fingerprint density at radius 2 is 1.78 bits per heavy atom. The first-order valence-corrected chi connectivity index (χ1v) is 7.27. The summed E-state index contributed by atoms with van der Waals surface area (Å²) >= 11 is 0. The lowest BCUT2D eigenvalue weighted by Crippen LogP contribution is -2.19. The van der Waals surface area contributed by atoms with E-state index in [1.807, 2.05) is 0 Å². The van der Waals surface area contributed by atoms with Gasteiger partial charge in [0.2, 0.25) is 0 Å². The fraction of sp³-hybridized carbons (Fsp3) is 0.267. The van der Waals surface area contributed by atoms with E-state index in [0.717, 1.165) is 12.1 Å².